The highest BCUT2D eigenvalue weighted by molar-refractivity contribution is 7.99. The normalized spacial score (nSPS) is 13.8. The van der Waals surface area contributed by atoms with Crippen molar-refractivity contribution in [3.63, 3.8) is 0 Å². The molecule has 1 amide bonds. The van der Waals surface area contributed by atoms with E-state index in [2.05, 4.69) is 14.8 Å². The monoisotopic (exact) mass is 419 g/mol. The van der Waals surface area contributed by atoms with Gasteiger partial charge in [-0.05, 0) is 39.2 Å². The number of carbonyl (C=O) groups is 2. The highest BCUT2D eigenvalue weighted by Crippen LogP contribution is 2.40. The van der Waals surface area contributed by atoms with E-state index in [0.717, 1.165) is 48.6 Å². The van der Waals surface area contributed by atoms with Gasteiger partial charge >= 0.3 is 0 Å². The maximum atomic E-state index is 12.9. The fraction of sp³-hybridized carbons (Fsp3) is 0.600. The molecule has 9 heteroatoms. The molecule has 1 fully saturated rings. The maximum Gasteiger partial charge on any atom is 0.219 e. The number of Topliss-reactive ketones (excluding diaryl/α,β-unsaturated/α-hetero) is 1. The number of carbonyl (C=O) groups excluding carboxylic acids is 2. The van der Waals surface area contributed by atoms with Gasteiger partial charge in [0.2, 0.25) is 5.91 Å². The number of nitrogens with zero attached hydrogens (tertiary/aromatic N) is 4. The van der Waals surface area contributed by atoms with Gasteiger partial charge in [0.05, 0.1) is 5.75 Å². The first-order valence-electron chi connectivity index (χ1n) is 9.95. The number of primary amides is 1. The molecule has 2 aromatic rings. The van der Waals surface area contributed by atoms with E-state index in [9.17, 15) is 9.59 Å². The number of methoxy groups -OCH3 is 1. The van der Waals surface area contributed by atoms with Gasteiger partial charge in [-0.2, -0.15) is 0 Å². The molecule has 0 saturated heterocycles. The summed E-state index contributed by atoms with van der Waals surface area (Å²) in [5.74, 6) is 1.30. The van der Waals surface area contributed by atoms with Crippen molar-refractivity contribution in [2.75, 3.05) is 19.5 Å². The predicted molar refractivity (Wildman–Crippen MR) is 111 cm³/mol. The Morgan fingerprint density at radius 1 is 1.24 bits per heavy atom. The molecule has 29 heavy (non-hydrogen) atoms. The summed E-state index contributed by atoms with van der Waals surface area (Å²) in [6.07, 6.45) is 3.32. The molecule has 1 aliphatic rings. The van der Waals surface area contributed by atoms with Crippen molar-refractivity contribution in [1.82, 2.24) is 19.3 Å². The molecular weight excluding hydrogens is 390 g/mol. The molecule has 0 radical (unpaired) electrons. The number of ketones is 1. The van der Waals surface area contributed by atoms with Crippen LogP contribution in [0.15, 0.2) is 11.2 Å². The van der Waals surface area contributed by atoms with Crippen molar-refractivity contribution in [3.05, 3.63) is 28.8 Å². The van der Waals surface area contributed by atoms with Crippen LogP contribution < -0.4 is 5.73 Å². The zero-order valence-corrected chi connectivity index (χ0v) is 18.1. The van der Waals surface area contributed by atoms with E-state index >= 15 is 0 Å². The van der Waals surface area contributed by atoms with Gasteiger partial charge < -0.3 is 19.6 Å². The van der Waals surface area contributed by atoms with Crippen LogP contribution >= 0.6 is 11.8 Å². The van der Waals surface area contributed by atoms with Crippen LogP contribution in [0.1, 0.15) is 59.2 Å². The molecule has 158 valence electrons. The Labute approximate surface area is 175 Å². The first-order chi connectivity index (χ1) is 13.9. The van der Waals surface area contributed by atoms with Crippen LogP contribution in [-0.4, -0.2) is 50.5 Å². The zero-order chi connectivity index (χ0) is 21.0. The standard InChI is InChI=1S/C20H29N5O3S/c1-13-11-16(14(2)24(13)8-4-10-28-3)17(26)12-29-20-23-22-19(15-5-6-15)25(20)9-7-18(21)27/h11,15H,4-10,12H2,1-3H3,(H2,21,27). The first kappa shape index (κ1) is 21.6. The summed E-state index contributed by atoms with van der Waals surface area (Å²) >= 11 is 1.37. The molecule has 0 aliphatic heterocycles. The Balaban J connectivity index is 1.68. The van der Waals surface area contributed by atoms with Gasteiger partial charge in [0.1, 0.15) is 5.82 Å². The number of nitrogens with two attached hydrogens (primary N) is 1. The number of aromatic nitrogens is 4. The third-order valence-corrected chi connectivity index (χ3v) is 6.17. The first-order valence-corrected chi connectivity index (χ1v) is 10.9. The second-order valence-corrected chi connectivity index (χ2v) is 8.42. The lowest BCUT2D eigenvalue weighted by atomic mass is 10.2. The number of aryl methyl sites for hydroxylation is 1. The fourth-order valence-corrected chi connectivity index (χ4v) is 4.34. The van der Waals surface area contributed by atoms with E-state index in [1.807, 2.05) is 24.5 Å². The topological polar surface area (TPSA) is 105 Å². The highest BCUT2D eigenvalue weighted by atomic mass is 32.2. The third-order valence-electron chi connectivity index (χ3n) is 5.21. The molecular formula is C20H29N5O3S. The van der Waals surface area contributed by atoms with Crippen LogP contribution in [0.3, 0.4) is 0 Å². The number of hydrogen-bond donors (Lipinski definition) is 1. The molecule has 2 N–H and O–H groups in total. The number of hydrogen-bond acceptors (Lipinski definition) is 6. The SMILES string of the molecule is COCCCn1c(C)cc(C(=O)CSc2nnc(C3CC3)n2CCC(N)=O)c1C. The van der Waals surface area contributed by atoms with Crippen molar-refractivity contribution in [2.45, 2.75) is 63.7 Å². The molecule has 2 aromatic heterocycles. The summed E-state index contributed by atoms with van der Waals surface area (Å²) in [5.41, 5.74) is 8.12. The minimum atomic E-state index is -0.353. The number of amides is 1. The van der Waals surface area contributed by atoms with Crippen molar-refractivity contribution >= 4 is 23.5 Å². The van der Waals surface area contributed by atoms with Gasteiger partial charge in [0.25, 0.3) is 0 Å². The van der Waals surface area contributed by atoms with Crippen molar-refractivity contribution in [1.29, 1.82) is 0 Å². The molecule has 0 bridgehead atoms. The lowest BCUT2D eigenvalue weighted by Crippen LogP contribution is -2.16. The summed E-state index contributed by atoms with van der Waals surface area (Å²) in [6, 6.07) is 1.96. The number of rotatable bonds is 12. The molecule has 1 saturated carbocycles. The van der Waals surface area contributed by atoms with Crippen LogP contribution in [0.5, 0.6) is 0 Å². The molecule has 0 spiro atoms. The van der Waals surface area contributed by atoms with E-state index in [4.69, 9.17) is 10.5 Å². The predicted octanol–water partition coefficient (Wildman–Crippen LogP) is 2.46. The molecule has 1 aliphatic carbocycles. The smallest absolute Gasteiger partial charge is 0.219 e. The third kappa shape index (κ3) is 5.27. The van der Waals surface area contributed by atoms with Crippen molar-refractivity contribution in [3.8, 4) is 0 Å². The van der Waals surface area contributed by atoms with Gasteiger partial charge in [-0.1, -0.05) is 11.8 Å². The van der Waals surface area contributed by atoms with E-state index in [-0.39, 0.29) is 23.9 Å². The van der Waals surface area contributed by atoms with Gasteiger partial charge in [-0.3, -0.25) is 9.59 Å². The van der Waals surface area contributed by atoms with E-state index in [0.29, 0.717) is 24.2 Å². The van der Waals surface area contributed by atoms with Crippen molar-refractivity contribution in [2.24, 2.45) is 5.73 Å². The zero-order valence-electron chi connectivity index (χ0n) is 17.3. The summed E-state index contributed by atoms with van der Waals surface area (Å²) < 4.78 is 9.24. The largest absolute Gasteiger partial charge is 0.385 e. The molecule has 3 rings (SSSR count). The van der Waals surface area contributed by atoms with E-state index < -0.39 is 0 Å². The van der Waals surface area contributed by atoms with Gasteiger partial charge in [0, 0.05) is 56.1 Å². The second kappa shape index (κ2) is 9.58. The molecule has 2 heterocycles. The fourth-order valence-electron chi connectivity index (χ4n) is 3.48. The summed E-state index contributed by atoms with van der Waals surface area (Å²) in [5, 5.41) is 9.24. The summed E-state index contributed by atoms with van der Waals surface area (Å²) in [7, 11) is 1.69. The Morgan fingerprint density at radius 3 is 2.66 bits per heavy atom. The quantitative estimate of drug-likeness (QED) is 0.322. The summed E-state index contributed by atoms with van der Waals surface area (Å²) in [6.45, 7) is 5.99. The number of thioether (sulfide) groups is 1. The summed E-state index contributed by atoms with van der Waals surface area (Å²) in [4.78, 5) is 24.1. The van der Waals surface area contributed by atoms with Gasteiger partial charge in [-0.25, -0.2) is 0 Å². The number of ether oxygens (including phenoxy) is 1. The van der Waals surface area contributed by atoms with Crippen LogP contribution in [0.2, 0.25) is 0 Å². The van der Waals surface area contributed by atoms with Gasteiger partial charge in [-0.15, -0.1) is 10.2 Å². The Bertz CT molecular complexity index is 885. The van der Waals surface area contributed by atoms with Crippen molar-refractivity contribution < 1.29 is 14.3 Å². The van der Waals surface area contributed by atoms with Crippen LogP contribution in [0.25, 0.3) is 0 Å². The van der Waals surface area contributed by atoms with E-state index in [1.165, 1.54) is 11.8 Å². The van der Waals surface area contributed by atoms with E-state index in [1.54, 1.807) is 7.11 Å². The van der Waals surface area contributed by atoms with Crippen LogP contribution in [0.4, 0.5) is 0 Å². The van der Waals surface area contributed by atoms with Gasteiger partial charge in [0.15, 0.2) is 10.9 Å². The Kier molecular flexibility index (Phi) is 7.13. The Hall–Kier alpha value is -2.13. The lowest BCUT2D eigenvalue weighted by molar-refractivity contribution is -0.118. The Morgan fingerprint density at radius 2 is 2.00 bits per heavy atom. The highest BCUT2D eigenvalue weighted by Gasteiger charge is 2.30. The second-order valence-electron chi connectivity index (χ2n) is 7.48. The molecule has 8 nitrogen and oxygen atoms in total. The minimum absolute atomic E-state index is 0.0681. The van der Waals surface area contributed by atoms with Crippen LogP contribution in [-0.2, 0) is 22.6 Å². The molecule has 0 aromatic carbocycles. The molecule has 0 unspecified atom stereocenters. The lowest BCUT2D eigenvalue weighted by Gasteiger charge is -2.10. The average molecular weight is 420 g/mol. The average Bonchev–Trinajstić information content (AvgIpc) is 3.39. The maximum absolute atomic E-state index is 12.9. The minimum Gasteiger partial charge on any atom is -0.385 e. The molecule has 0 atom stereocenters. The van der Waals surface area contributed by atoms with Crippen LogP contribution in [0, 0.1) is 13.8 Å².